The van der Waals surface area contributed by atoms with Crippen LogP contribution >= 0.6 is 27.5 Å². The van der Waals surface area contributed by atoms with Crippen molar-refractivity contribution in [1.29, 1.82) is 0 Å². The van der Waals surface area contributed by atoms with E-state index in [0.717, 1.165) is 0 Å². The normalized spacial score (nSPS) is 11.6. The van der Waals surface area contributed by atoms with Crippen molar-refractivity contribution in [3.63, 3.8) is 0 Å². The Kier molecular flexibility index (Phi) is 4.38. The molecular formula is C11H9BrClFN2O3S. The first-order valence-electron chi connectivity index (χ1n) is 5.30. The Morgan fingerprint density at radius 3 is 2.75 bits per heavy atom. The summed E-state index contributed by atoms with van der Waals surface area (Å²) in [5, 5.41) is -0.181. The average Bonchev–Trinajstić information content (AvgIpc) is 2.77. The van der Waals surface area contributed by atoms with Gasteiger partial charge in [0.2, 0.25) is 0 Å². The van der Waals surface area contributed by atoms with E-state index in [0.29, 0.717) is 0 Å². The molecule has 1 aromatic carbocycles. The average molecular weight is 384 g/mol. The predicted octanol–water partition coefficient (Wildman–Crippen LogP) is 3.09. The van der Waals surface area contributed by atoms with Crippen LogP contribution in [0.25, 0.3) is 0 Å². The van der Waals surface area contributed by atoms with Crippen molar-refractivity contribution in [1.82, 2.24) is 0 Å². The van der Waals surface area contributed by atoms with E-state index < -0.39 is 15.8 Å². The smallest absolute Gasteiger partial charge is 0.266 e. The molecule has 0 aliphatic heterocycles. The number of halogens is 3. The van der Waals surface area contributed by atoms with E-state index in [1.165, 1.54) is 24.3 Å². The molecule has 0 aliphatic carbocycles. The second-order valence-electron chi connectivity index (χ2n) is 3.76. The monoisotopic (exact) mass is 382 g/mol. The minimum atomic E-state index is -4.02. The minimum Gasteiger partial charge on any atom is -0.452 e. The summed E-state index contributed by atoms with van der Waals surface area (Å²) in [5.74, 6) is -0.569. The van der Waals surface area contributed by atoms with E-state index in [1.807, 2.05) is 0 Å². The van der Waals surface area contributed by atoms with Crippen LogP contribution in [0.1, 0.15) is 5.76 Å². The van der Waals surface area contributed by atoms with Gasteiger partial charge in [-0.05, 0) is 28.1 Å². The Hall–Kier alpha value is -1.09. The summed E-state index contributed by atoms with van der Waals surface area (Å²) in [6.07, 6.45) is 0. The van der Waals surface area contributed by atoms with Crippen LogP contribution in [-0.4, -0.2) is 8.42 Å². The second-order valence-corrected chi connectivity index (χ2v) is 6.54. The zero-order valence-electron chi connectivity index (χ0n) is 9.86. The number of rotatable bonds is 4. The lowest BCUT2D eigenvalue weighted by atomic mass is 10.3. The molecule has 0 atom stereocenters. The first-order valence-corrected chi connectivity index (χ1v) is 7.95. The molecule has 0 amide bonds. The van der Waals surface area contributed by atoms with Gasteiger partial charge in [-0.1, -0.05) is 17.7 Å². The molecule has 0 spiro atoms. The van der Waals surface area contributed by atoms with Crippen molar-refractivity contribution in [3.8, 4) is 0 Å². The van der Waals surface area contributed by atoms with Crippen molar-refractivity contribution >= 4 is 43.2 Å². The van der Waals surface area contributed by atoms with Crippen molar-refractivity contribution in [3.05, 3.63) is 45.5 Å². The van der Waals surface area contributed by atoms with Crippen LogP contribution in [0.5, 0.6) is 0 Å². The summed E-state index contributed by atoms with van der Waals surface area (Å²) in [4.78, 5) is -0.169. The van der Waals surface area contributed by atoms with Gasteiger partial charge in [-0.25, -0.2) is 12.8 Å². The van der Waals surface area contributed by atoms with E-state index in [2.05, 4.69) is 20.7 Å². The summed E-state index contributed by atoms with van der Waals surface area (Å²) in [5.41, 5.74) is 5.11. The predicted molar refractivity (Wildman–Crippen MR) is 76.5 cm³/mol. The van der Waals surface area contributed by atoms with Crippen LogP contribution in [-0.2, 0) is 16.6 Å². The van der Waals surface area contributed by atoms with Gasteiger partial charge in [-0.3, -0.25) is 4.72 Å². The molecule has 108 valence electrons. The van der Waals surface area contributed by atoms with Gasteiger partial charge in [0.25, 0.3) is 10.0 Å². The van der Waals surface area contributed by atoms with Gasteiger partial charge >= 0.3 is 0 Å². The van der Waals surface area contributed by atoms with E-state index in [4.69, 9.17) is 21.8 Å². The van der Waals surface area contributed by atoms with Gasteiger partial charge in [0.05, 0.1) is 17.3 Å². The highest BCUT2D eigenvalue weighted by molar-refractivity contribution is 9.10. The highest BCUT2D eigenvalue weighted by atomic mass is 79.9. The fraction of sp³-hybridized carbons (Fsp3) is 0.0909. The number of anilines is 1. The summed E-state index contributed by atoms with van der Waals surface area (Å²) in [6.45, 7) is 0.0413. The molecule has 0 aliphatic rings. The molecule has 0 fully saturated rings. The topological polar surface area (TPSA) is 85.3 Å². The molecule has 0 unspecified atom stereocenters. The largest absolute Gasteiger partial charge is 0.452 e. The highest BCUT2D eigenvalue weighted by Gasteiger charge is 2.23. The van der Waals surface area contributed by atoms with E-state index >= 15 is 0 Å². The number of benzene rings is 1. The maximum atomic E-state index is 13.7. The van der Waals surface area contributed by atoms with Crippen LogP contribution < -0.4 is 10.5 Å². The Morgan fingerprint density at radius 1 is 1.45 bits per heavy atom. The fourth-order valence-corrected chi connectivity index (χ4v) is 3.70. The van der Waals surface area contributed by atoms with Crippen molar-refractivity contribution < 1.29 is 17.2 Å². The van der Waals surface area contributed by atoms with Gasteiger partial charge < -0.3 is 10.2 Å². The van der Waals surface area contributed by atoms with Crippen LogP contribution in [0.2, 0.25) is 5.02 Å². The Morgan fingerprint density at radius 2 is 2.15 bits per heavy atom. The number of nitrogens with one attached hydrogen (secondary N) is 1. The summed E-state index contributed by atoms with van der Waals surface area (Å²) >= 11 is 8.57. The molecule has 2 aromatic rings. The quantitative estimate of drug-likeness (QED) is 0.849. The van der Waals surface area contributed by atoms with Crippen molar-refractivity contribution in [2.75, 3.05) is 4.72 Å². The van der Waals surface area contributed by atoms with Crippen LogP contribution in [0, 0.1) is 5.82 Å². The SMILES string of the molecule is NCc1cc(S(=O)(=O)Nc2cccc(Cl)c2F)c(Br)o1. The summed E-state index contributed by atoms with van der Waals surface area (Å²) in [6, 6.07) is 5.26. The molecule has 5 nitrogen and oxygen atoms in total. The lowest BCUT2D eigenvalue weighted by molar-refractivity contribution is 0.484. The second kappa shape index (κ2) is 5.72. The lowest BCUT2D eigenvalue weighted by Gasteiger charge is -2.08. The third-order valence-electron chi connectivity index (χ3n) is 2.39. The molecule has 20 heavy (non-hydrogen) atoms. The summed E-state index contributed by atoms with van der Waals surface area (Å²) in [7, 11) is -4.02. The molecule has 0 saturated carbocycles. The molecule has 0 bridgehead atoms. The van der Waals surface area contributed by atoms with Crippen molar-refractivity contribution in [2.45, 2.75) is 11.4 Å². The maximum Gasteiger partial charge on any atom is 0.266 e. The molecule has 9 heteroatoms. The molecule has 1 heterocycles. The Bertz CT molecular complexity index is 748. The zero-order valence-corrected chi connectivity index (χ0v) is 13.0. The van der Waals surface area contributed by atoms with E-state index in [1.54, 1.807) is 0 Å². The lowest BCUT2D eigenvalue weighted by Crippen LogP contribution is -2.13. The molecule has 1 aromatic heterocycles. The van der Waals surface area contributed by atoms with E-state index in [9.17, 15) is 12.8 Å². The molecule has 2 rings (SSSR count). The zero-order chi connectivity index (χ0) is 14.9. The van der Waals surface area contributed by atoms with Crippen molar-refractivity contribution in [2.24, 2.45) is 5.73 Å². The van der Waals surface area contributed by atoms with Crippen LogP contribution in [0.4, 0.5) is 10.1 Å². The van der Waals surface area contributed by atoms with Crippen LogP contribution in [0.15, 0.2) is 38.2 Å². The van der Waals surface area contributed by atoms with E-state index in [-0.39, 0.29) is 32.6 Å². The van der Waals surface area contributed by atoms with Gasteiger partial charge in [0, 0.05) is 6.07 Å². The summed E-state index contributed by atoms with van der Waals surface area (Å²) < 4.78 is 45.2. The molecule has 3 N–H and O–H groups in total. The number of hydrogen-bond donors (Lipinski definition) is 2. The maximum absolute atomic E-state index is 13.7. The number of nitrogens with two attached hydrogens (primary N) is 1. The third-order valence-corrected chi connectivity index (χ3v) is 4.91. The highest BCUT2D eigenvalue weighted by Crippen LogP contribution is 2.29. The fourth-order valence-electron chi connectivity index (χ4n) is 1.46. The Balaban J connectivity index is 2.40. The number of sulfonamides is 1. The molecule has 0 saturated heterocycles. The Labute approximate surface area is 128 Å². The van der Waals surface area contributed by atoms with Gasteiger partial charge in [-0.2, -0.15) is 0 Å². The number of hydrogen-bond acceptors (Lipinski definition) is 4. The molecular weight excluding hydrogens is 375 g/mol. The van der Waals surface area contributed by atoms with Gasteiger partial charge in [0.1, 0.15) is 10.7 Å². The number of furan rings is 1. The molecule has 0 radical (unpaired) electrons. The first-order chi connectivity index (χ1) is 9.35. The minimum absolute atomic E-state index is 0.00659. The van der Waals surface area contributed by atoms with Gasteiger partial charge in [-0.15, -0.1) is 0 Å². The first kappa shape index (κ1) is 15.3. The van der Waals surface area contributed by atoms with Gasteiger partial charge in [0.15, 0.2) is 10.5 Å². The third kappa shape index (κ3) is 2.98. The standard InChI is InChI=1S/C11H9BrClFN2O3S/c12-11-9(4-6(5-15)19-11)20(17,18)16-8-3-1-2-7(13)10(8)14/h1-4,16H,5,15H2. The van der Waals surface area contributed by atoms with Crippen LogP contribution in [0.3, 0.4) is 0 Å².